The minimum Gasteiger partial charge on any atom is -0.494 e. The maximum atomic E-state index is 12.3. The average molecular weight is 437 g/mol. The number of rotatable bonds is 10. The molecule has 0 fully saturated rings. The van der Waals surface area contributed by atoms with Crippen molar-refractivity contribution < 1.29 is 19.0 Å². The van der Waals surface area contributed by atoms with Gasteiger partial charge in [0.25, 0.3) is 5.56 Å². The molecule has 0 spiro atoms. The van der Waals surface area contributed by atoms with Crippen molar-refractivity contribution in [2.45, 2.75) is 26.3 Å². The van der Waals surface area contributed by atoms with Crippen LogP contribution in [0.3, 0.4) is 0 Å². The van der Waals surface area contributed by atoms with Gasteiger partial charge in [-0.05, 0) is 55.8 Å². The quantitative estimate of drug-likeness (QED) is 0.519. The molecule has 168 valence electrons. The Hall–Kier alpha value is -3.81. The van der Waals surface area contributed by atoms with Gasteiger partial charge in [-0.3, -0.25) is 9.59 Å². The molecule has 2 aromatic carbocycles. The SMILES string of the molecule is CCOc1ccc(-c2ccc(=O)n(CCCC(=O)Nc3ccc(OC)c(OC)c3)n2)cc1. The number of ether oxygens (including phenoxy) is 3. The van der Waals surface area contributed by atoms with Gasteiger partial charge in [0.05, 0.1) is 26.5 Å². The van der Waals surface area contributed by atoms with Crippen LogP contribution in [0.25, 0.3) is 11.3 Å². The standard InChI is InChI=1S/C24H27N3O5/c1-4-32-19-10-7-17(8-11-19)20-12-14-24(29)27(26-20)15-5-6-23(28)25-18-9-13-21(30-2)22(16-18)31-3/h7-14,16H,4-6,15H2,1-3H3,(H,25,28). The summed E-state index contributed by atoms with van der Waals surface area (Å²) >= 11 is 0. The number of amides is 1. The van der Waals surface area contributed by atoms with Gasteiger partial charge in [0.1, 0.15) is 5.75 Å². The number of nitrogens with one attached hydrogen (secondary N) is 1. The molecule has 0 saturated carbocycles. The molecule has 0 saturated heterocycles. The first-order chi connectivity index (χ1) is 15.5. The second kappa shape index (κ2) is 11.0. The van der Waals surface area contributed by atoms with Crippen LogP contribution in [0.1, 0.15) is 19.8 Å². The minimum absolute atomic E-state index is 0.159. The predicted molar refractivity (Wildman–Crippen MR) is 123 cm³/mol. The number of carbonyl (C=O) groups excluding carboxylic acids is 1. The van der Waals surface area contributed by atoms with Crippen molar-refractivity contribution in [3.63, 3.8) is 0 Å². The molecule has 1 N–H and O–H groups in total. The predicted octanol–water partition coefficient (Wildman–Crippen LogP) is 3.75. The number of methoxy groups -OCH3 is 2. The number of hydrogen-bond donors (Lipinski definition) is 1. The zero-order chi connectivity index (χ0) is 22.9. The lowest BCUT2D eigenvalue weighted by Crippen LogP contribution is -2.23. The van der Waals surface area contributed by atoms with Gasteiger partial charge in [0.2, 0.25) is 5.91 Å². The summed E-state index contributed by atoms with van der Waals surface area (Å²) in [6.07, 6.45) is 0.717. The summed E-state index contributed by atoms with van der Waals surface area (Å²) < 4.78 is 17.3. The summed E-state index contributed by atoms with van der Waals surface area (Å²) in [7, 11) is 3.09. The van der Waals surface area contributed by atoms with E-state index in [-0.39, 0.29) is 17.9 Å². The molecule has 1 heterocycles. The first-order valence-electron chi connectivity index (χ1n) is 10.4. The van der Waals surface area contributed by atoms with E-state index in [9.17, 15) is 9.59 Å². The number of aryl methyl sites for hydroxylation is 1. The molecule has 0 radical (unpaired) electrons. The zero-order valence-electron chi connectivity index (χ0n) is 18.5. The molecule has 32 heavy (non-hydrogen) atoms. The molecule has 3 rings (SSSR count). The van der Waals surface area contributed by atoms with Gasteiger partial charge in [-0.25, -0.2) is 4.68 Å². The number of benzene rings is 2. The third-order valence-electron chi connectivity index (χ3n) is 4.77. The molecular formula is C24H27N3O5. The molecule has 0 aliphatic carbocycles. The van der Waals surface area contributed by atoms with Crippen LogP contribution in [-0.2, 0) is 11.3 Å². The van der Waals surface area contributed by atoms with Crippen molar-refractivity contribution in [1.29, 1.82) is 0 Å². The summed E-state index contributed by atoms with van der Waals surface area (Å²) in [5.74, 6) is 1.74. The monoisotopic (exact) mass is 437 g/mol. The van der Waals surface area contributed by atoms with Crippen LogP contribution in [0.5, 0.6) is 17.2 Å². The largest absolute Gasteiger partial charge is 0.494 e. The average Bonchev–Trinajstić information content (AvgIpc) is 2.81. The number of hydrogen-bond acceptors (Lipinski definition) is 6. The highest BCUT2D eigenvalue weighted by Crippen LogP contribution is 2.29. The summed E-state index contributed by atoms with van der Waals surface area (Å²) in [5, 5.41) is 7.27. The summed E-state index contributed by atoms with van der Waals surface area (Å²) in [4.78, 5) is 24.5. The van der Waals surface area contributed by atoms with Gasteiger partial charge >= 0.3 is 0 Å². The van der Waals surface area contributed by atoms with Gasteiger partial charge in [-0.15, -0.1) is 0 Å². The maximum Gasteiger partial charge on any atom is 0.266 e. The number of anilines is 1. The van der Waals surface area contributed by atoms with Gasteiger partial charge in [-0.1, -0.05) is 0 Å². The fourth-order valence-electron chi connectivity index (χ4n) is 3.18. The maximum absolute atomic E-state index is 12.3. The Bertz CT molecular complexity index is 1110. The van der Waals surface area contributed by atoms with Crippen molar-refractivity contribution in [1.82, 2.24) is 9.78 Å². The molecule has 0 aliphatic heterocycles. The third-order valence-corrected chi connectivity index (χ3v) is 4.77. The second-order valence-electron chi connectivity index (χ2n) is 6.96. The van der Waals surface area contributed by atoms with E-state index in [1.165, 1.54) is 17.9 Å². The minimum atomic E-state index is -0.208. The summed E-state index contributed by atoms with van der Waals surface area (Å²) in [5.41, 5.74) is 1.97. The Balaban J connectivity index is 1.59. The second-order valence-corrected chi connectivity index (χ2v) is 6.96. The van der Waals surface area contributed by atoms with E-state index in [0.29, 0.717) is 42.5 Å². The van der Waals surface area contributed by atoms with E-state index in [4.69, 9.17) is 14.2 Å². The highest BCUT2D eigenvalue weighted by Gasteiger charge is 2.09. The van der Waals surface area contributed by atoms with Crippen LogP contribution in [0.15, 0.2) is 59.4 Å². The van der Waals surface area contributed by atoms with Crippen LogP contribution in [0.4, 0.5) is 5.69 Å². The van der Waals surface area contributed by atoms with Crippen molar-refractivity contribution in [3.8, 4) is 28.5 Å². The lowest BCUT2D eigenvalue weighted by atomic mass is 10.1. The molecule has 1 aromatic heterocycles. The molecule has 8 nitrogen and oxygen atoms in total. The van der Waals surface area contributed by atoms with Gasteiger partial charge in [0, 0.05) is 36.3 Å². The summed E-state index contributed by atoms with van der Waals surface area (Å²) in [6.45, 7) is 2.87. The highest BCUT2D eigenvalue weighted by atomic mass is 16.5. The molecular weight excluding hydrogens is 410 g/mol. The zero-order valence-corrected chi connectivity index (χ0v) is 18.5. The fraction of sp³-hybridized carbons (Fsp3) is 0.292. The van der Waals surface area contributed by atoms with E-state index >= 15 is 0 Å². The van der Waals surface area contributed by atoms with Crippen LogP contribution in [0.2, 0.25) is 0 Å². The van der Waals surface area contributed by atoms with Crippen LogP contribution in [-0.4, -0.2) is 36.5 Å². The van der Waals surface area contributed by atoms with Crippen LogP contribution in [0, 0.1) is 0 Å². The molecule has 0 atom stereocenters. The van der Waals surface area contributed by atoms with Crippen molar-refractivity contribution in [3.05, 3.63) is 65.0 Å². The Morgan fingerprint density at radius 3 is 2.44 bits per heavy atom. The van der Waals surface area contributed by atoms with Crippen molar-refractivity contribution in [2.75, 3.05) is 26.1 Å². The molecule has 3 aromatic rings. The Morgan fingerprint density at radius 2 is 1.75 bits per heavy atom. The lowest BCUT2D eigenvalue weighted by molar-refractivity contribution is -0.116. The number of carbonyl (C=O) groups is 1. The molecule has 0 unspecified atom stereocenters. The topological polar surface area (TPSA) is 91.7 Å². The normalized spacial score (nSPS) is 10.5. The Kier molecular flexibility index (Phi) is 7.85. The number of aromatic nitrogens is 2. The van der Waals surface area contributed by atoms with Gasteiger partial charge in [-0.2, -0.15) is 5.10 Å². The van der Waals surface area contributed by atoms with E-state index in [1.807, 2.05) is 31.2 Å². The van der Waals surface area contributed by atoms with E-state index < -0.39 is 0 Å². The van der Waals surface area contributed by atoms with Crippen LogP contribution >= 0.6 is 0 Å². The van der Waals surface area contributed by atoms with Crippen LogP contribution < -0.4 is 25.1 Å². The highest BCUT2D eigenvalue weighted by molar-refractivity contribution is 5.91. The first kappa shape index (κ1) is 22.9. The lowest BCUT2D eigenvalue weighted by Gasteiger charge is -2.11. The molecule has 0 bridgehead atoms. The summed E-state index contributed by atoms with van der Waals surface area (Å²) in [6, 6.07) is 15.9. The first-order valence-corrected chi connectivity index (χ1v) is 10.4. The van der Waals surface area contributed by atoms with Gasteiger partial charge < -0.3 is 19.5 Å². The molecule has 0 aliphatic rings. The molecule has 1 amide bonds. The Labute approximate surface area is 186 Å². The van der Waals surface area contributed by atoms with E-state index in [2.05, 4.69) is 10.4 Å². The fourth-order valence-corrected chi connectivity index (χ4v) is 3.18. The van der Waals surface area contributed by atoms with E-state index in [1.54, 1.807) is 31.4 Å². The van der Waals surface area contributed by atoms with Crippen molar-refractivity contribution >= 4 is 11.6 Å². The number of nitrogens with zero attached hydrogens (tertiary/aromatic N) is 2. The Morgan fingerprint density at radius 1 is 1.00 bits per heavy atom. The van der Waals surface area contributed by atoms with Crippen molar-refractivity contribution in [2.24, 2.45) is 0 Å². The van der Waals surface area contributed by atoms with E-state index in [0.717, 1.165) is 11.3 Å². The smallest absolute Gasteiger partial charge is 0.266 e. The van der Waals surface area contributed by atoms with Gasteiger partial charge in [0.15, 0.2) is 11.5 Å². The molecule has 8 heteroatoms. The third kappa shape index (κ3) is 5.87.